The molecule has 4 heteroatoms. The lowest BCUT2D eigenvalue weighted by Gasteiger charge is -2.20. The fourth-order valence-corrected chi connectivity index (χ4v) is 5.20. The number of unbranched alkanes of at least 4 members (excludes halogenated alkanes) is 1. The molecular formula is C25H37O3Si. The molecule has 159 valence electrons. The first-order valence-electron chi connectivity index (χ1n) is 11.0. The second-order valence-electron chi connectivity index (χ2n) is 8.20. The highest BCUT2D eigenvalue weighted by atomic mass is 28.3. The van der Waals surface area contributed by atoms with Crippen LogP contribution in [0.25, 0.3) is 11.1 Å². The minimum atomic E-state index is -1.28. The van der Waals surface area contributed by atoms with Crippen LogP contribution in [0.2, 0.25) is 6.04 Å². The smallest absolute Gasteiger partial charge is 0.385 e. The van der Waals surface area contributed by atoms with Gasteiger partial charge in [0.15, 0.2) is 0 Å². The molecule has 29 heavy (non-hydrogen) atoms. The van der Waals surface area contributed by atoms with E-state index in [9.17, 15) is 5.11 Å². The Morgan fingerprint density at radius 3 is 2.10 bits per heavy atom. The summed E-state index contributed by atoms with van der Waals surface area (Å²) >= 11 is 0. The molecule has 0 bridgehead atoms. The van der Waals surface area contributed by atoms with Gasteiger partial charge in [-0.15, -0.1) is 0 Å². The van der Waals surface area contributed by atoms with Gasteiger partial charge in [-0.3, -0.25) is 0 Å². The molecular weight excluding hydrogens is 376 g/mol. The van der Waals surface area contributed by atoms with Crippen molar-refractivity contribution in [3.05, 3.63) is 53.6 Å². The van der Waals surface area contributed by atoms with E-state index in [0.29, 0.717) is 5.75 Å². The van der Waals surface area contributed by atoms with E-state index < -0.39 is 9.28 Å². The standard InChI is InChI=1S/C25H37O3Si/c1-6-7-9-21-11-13-22(14-12-21)25-16-15-24(26)18-23(25)10-8-17-29(27-19(2)3)28-20(4)5/h11-16,18-20,26H,6-10,17H2,1-5H3. The molecule has 0 aromatic heterocycles. The Hall–Kier alpha value is -1.62. The van der Waals surface area contributed by atoms with Crippen LogP contribution >= 0.6 is 0 Å². The molecule has 0 aliphatic carbocycles. The lowest BCUT2D eigenvalue weighted by atomic mass is 9.95. The molecule has 0 amide bonds. The predicted molar refractivity (Wildman–Crippen MR) is 123 cm³/mol. The van der Waals surface area contributed by atoms with Gasteiger partial charge in [0.05, 0.1) is 0 Å². The molecule has 1 N–H and O–H groups in total. The van der Waals surface area contributed by atoms with E-state index in [1.807, 2.05) is 12.1 Å². The summed E-state index contributed by atoms with van der Waals surface area (Å²) in [6.45, 7) is 10.5. The summed E-state index contributed by atoms with van der Waals surface area (Å²) in [5.74, 6) is 0.325. The van der Waals surface area contributed by atoms with E-state index >= 15 is 0 Å². The number of hydrogen-bond donors (Lipinski definition) is 1. The van der Waals surface area contributed by atoms with Crippen molar-refractivity contribution < 1.29 is 14.0 Å². The lowest BCUT2D eigenvalue weighted by Crippen LogP contribution is -2.29. The summed E-state index contributed by atoms with van der Waals surface area (Å²) in [6, 6.07) is 15.5. The molecule has 0 spiro atoms. The van der Waals surface area contributed by atoms with Crippen LogP contribution in [0.1, 0.15) is 65.0 Å². The summed E-state index contributed by atoms with van der Waals surface area (Å²) in [7, 11) is -1.28. The van der Waals surface area contributed by atoms with Crippen molar-refractivity contribution >= 4 is 9.28 Å². The molecule has 3 nitrogen and oxygen atoms in total. The third-order valence-electron chi connectivity index (χ3n) is 4.73. The van der Waals surface area contributed by atoms with Crippen molar-refractivity contribution in [1.29, 1.82) is 0 Å². The normalized spacial score (nSPS) is 11.7. The molecule has 0 fully saturated rings. The van der Waals surface area contributed by atoms with E-state index in [-0.39, 0.29) is 12.2 Å². The Kier molecular flexibility index (Phi) is 9.92. The van der Waals surface area contributed by atoms with Crippen molar-refractivity contribution in [3.63, 3.8) is 0 Å². The predicted octanol–water partition coefficient (Wildman–Crippen LogP) is 6.67. The van der Waals surface area contributed by atoms with Gasteiger partial charge < -0.3 is 14.0 Å². The first-order chi connectivity index (χ1) is 13.9. The maximum absolute atomic E-state index is 10.0. The molecule has 2 aromatic carbocycles. The van der Waals surface area contributed by atoms with Gasteiger partial charge in [-0.25, -0.2) is 0 Å². The molecule has 2 aromatic rings. The van der Waals surface area contributed by atoms with Crippen molar-refractivity contribution in [2.75, 3.05) is 0 Å². The number of rotatable bonds is 12. The van der Waals surface area contributed by atoms with Gasteiger partial charge in [-0.05, 0) is 93.8 Å². The van der Waals surface area contributed by atoms with Crippen LogP contribution in [0, 0.1) is 0 Å². The molecule has 0 aliphatic rings. The summed E-state index contributed by atoms with van der Waals surface area (Å²) in [4.78, 5) is 0. The number of hydrogen-bond acceptors (Lipinski definition) is 3. The number of phenolic OH excluding ortho intramolecular Hbond substituents is 1. The molecule has 0 atom stereocenters. The molecule has 0 saturated heterocycles. The average Bonchev–Trinajstić information content (AvgIpc) is 2.66. The highest BCUT2D eigenvalue weighted by Crippen LogP contribution is 2.29. The summed E-state index contributed by atoms with van der Waals surface area (Å²) in [5.41, 5.74) is 4.98. The van der Waals surface area contributed by atoms with Crippen LogP contribution in [0.4, 0.5) is 0 Å². The van der Waals surface area contributed by atoms with Crippen LogP contribution in [0.5, 0.6) is 5.75 Å². The average molecular weight is 414 g/mol. The topological polar surface area (TPSA) is 38.7 Å². The van der Waals surface area contributed by atoms with E-state index in [2.05, 4.69) is 58.9 Å². The van der Waals surface area contributed by atoms with Crippen LogP contribution < -0.4 is 0 Å². The van der Waals surface area contributed by atoms with E-state index in [1.54, 1.807) is 6.07 Å². The molecule has 0 aliphatic heterocycles. The van der Waals surface area contributed by atoms with Gasteiger partial charge in [0.2, 0.25) is 0 Å². The number of aryl methyl sites for hydroxylation is 2. The second kappa shape index (κ2) is 12.2. The van der Waals surface area contributed by atoms with Crippen molar-refractivity contribution in [3.8, 4) is 16.9 Å². The SMILES string of the molecule is CCCCc1ccc(-c2ccc(O)cc2CCC[Si](OC(C)C)OC(C)C)cc1. The maximum Gasteiger partial charge on any atom is 0.385 e. The monoisotopic (exact) mass is 413 g/mol. The Morgan fingerprint density at radius 1 is 0.862 bits per heavy atom. The largest absolute Gasteiger partial charge is 0.508 e. The minimum absolute atomic E-state index is 0.185. The third-order valence-corrected chi connectivity index (χ3v) is 6.96. The highest BCUT2D eigenvalue weighted by Gasteiger charge is 2.19. The van der Waals surface area contributed by atoms with Crippen molar-refractivity contribution in [1.82, 2.24) is 0 Å². The highest BCUT2D eigenvalue weighted by molar-refractivity contribution is 6.44. The van der Waals surface area contributed by atoms with Crippen LogP contribution in [-0.2, 0) is 21.7 Å². The van der Waals surface area contributed by atoms with E-state index in [0.717, 1.165) is 25.3 Å². The van der Waals surface area contributed by atoms with Crippen LogP contribution in [-0.4, -0.2) is 26.6 Å². The van der Waals surface area contributed by atoms with Gasteiger partial charge in [0.1, 0.15) is 5.75 Å². The molecule has 0 unspecified atom stereocenters. The molecule has 0 heterocycles. The Labute approximate surface area is 178 Å². The fraction of sp³-hybridized carbons (Fsp3) is 0.520. The zero-order valence-electron chi connectivity index (χ0n) is 18.7. The van der Waals surface area contributed by atoms with Crippen molar-refractivity contribution in [2.24, 2.45) is 0 Å². The number of phenols is 1. The van der Waals surface area contributed by atoms with Gasteiger partial charge in [0, 0.05) is 12.2 Å². The number of benzene rings is 2. The van der Waals surface area contributed by atoms with E-state index in [4.69, 9.17) is 8.85 Å². The van der Waals surface area contributed by atoms with Crippen molar-refractivity contribution in [2.45, 2.75) is 85.0 Å². The second-order valence-corrected chi connectivity index (χ2v) is 9.92. The fourth-order valence-electron chi connectivity index (χ4n) is 3.40. The van der Waals surface area contributed by atoms with Gasteiger partial charge >= 0.3 is 9.28 Å². The van der Waals surface area contributed by atoms with Crippen LogP contribution in [0.3, 0.4) is 0 Å². The van der Waals surface area contributed by atoms with Crippen LogP contribution in [0.15, 0.2) is 42.5 Å². The molecule has 0 saturated carbocycles. The van der Waals surface area contributed by atoms with Gasteiger partial charge in [-0.1, -0.05) is 43.7 Å². The van der Waals surface area contributed by atoms with Gasteiger partial charge in [-0.2, -0.15) is 0 Å². The summed E-state index contributed by atoms with van der Waals surface area (Å²) < 4.78 is 12.0. The maximum atomic E-state index is 10.0. The first-order valence-corrected chi connectivity index (χ1v) is 12.5. The summed E-state index contributed by atoms with van der Waals surface area (Å²) in [6.07, 6.45) is 5.83. The summed E-state index contributed by atoms with van der Waals surface area (Å²) in [5, 5.41) is 10.0. The zero-order valence-corrected chi connectivity index (χ0v) is 19.7. The first kappa shape index (κ1) is 23.7. The molecule has 2 rings (SSSR count). The zero-order chi connectivity index (χ0) is 21.2. The Morgan fingerprint density at radius 2 is 1.52 bits per heavy atom. The van der Waals surface area contributed by atoms with E-state index in [1.165, 1.54) is 35.1 Å². The third kappa shape index (κ3) is 8.33. The van der Waals surface area contributed by atoms with Gasteiger partial charge in [0.25, 0.3) is 0 Å². The lowest BCUT2D eigenvalue weighted by molar-refractivity contribution is 0.129. The Bertz CT molecular complexity index is 715. The number of aromatic hydroxyl groups is 1. The Balaban J connectivity index is 2.07. The quantitative estimate of drug-likeness (QED) is 0.395. The molecule has 1 radical (unpaired) electrons. The minimum Gasteiger partial charge on any atom is -0.508 e.